The van der Waals surface area contributed by atoms with Crippen molar-refractivity contribution >= 4 is 79.2 Å². The quantitative estimate of drug-likeness (QED) is 0.219. The van der Waals surface area contributed by atoms with Gasteiger partial charge in [0.15, 0.2) is 0 Å². The molecule has 1 atom stereocenters. The van der Waals surface area contributed by atoms with Crippen LogP contribution in [0.5, 0.6) is 5.88 Å². The smallest absolute Gasteiger partial charge is 0.388 e. The van der Waals surface area contributed by atoms with Crippen LogP contribution in [-0.4, -0.2) is 53.5 Å². The van der Waals surface area contributed by atoms with E-state index in [-0.39, 0.29) is 17.8 Å². The molecule has 0 unspecified atom stereocenters. The van der Waals surface area contributed by atoms with E-state index in [1.807, 2.05) is 14.4 Å². The van der Waals surface area contributed by atoms with Crippen LogP contribution in [0.25, 0.3) is 0 Å². The molecule has 3 heterocycles. The molecule has 204 valence electrons. The lowest BCUT2D eigenvalue weighted by molar-refractivity contribution is -0.0531. The highest BCUT2D eigenvalue weighted by atomic mass is 127. The fraction of sp³-hybridized carbons (Fsp3) is 0.545. The zero-order valence-corrected chi connectivity index (χ0v) is 25.8. The topological polar surface area (TPSA) is 125 Å². The maximum atomic E-state index is 12.8. The molecule has 0 spiro atoms. The summed E-state index contributed by atoms with van der Waals surface area (Å²) in [5.41, 5.74) is 7.80. The number of nitrogen functional groups attached to an aromatic ring is 1. The van der Waals surface area contributed by atoms with Crippen molar-refractivity contribution in [1.29, 1.82) is 0 Å². The number of hydrogen-bond donors (Lipinski definition) is 3. The minimum absolute atomic E-state index is 0.00370. The third kappa shape index (κ3) is 7.42. The Bertz CT molecular complexity index is 1180. The summed E-state index contributed by atoms with van der Waals surface area (Å²) < 4.78 is 32.6. The lowest BCUT2D eigenvalue weighted by Gasteiger charge is -2.25. The van der Waals surface area contributed by atoms with Crippen LogP contribution in [-0.2, 0) is 19.9 Å². The number of amides is 1. The Labute approximate surface area is 245 Å². The van der Waals surface area contributed by atoms with Crippen LogP contribution in [0.2, 0.25) is 0 Å². The number of ether oxygens (including phenoxy) is 1. The summed E-state index contributed by atoms with van der Waals surface area (Å²) in [5.74, 6) is 1.15. The van der Waals surface area contributed by atoms with E-state index in [9.17, 15) is 13.6 Å². The molecule has 0 aliphatic heterocycles. The minimum atomic E-state index is -2.96. The SMILES string of the molecule is CI.CI.Cn1nc(OC(F)F)cc1Nc1nncn1[C@H]1CCc2sc(N)c(C(=O)NCC3CC3)c2C1. The molecule has 0 radical (unpaired) electrons. The molecule has 5 rings (SSSR count). The monoisotopic (exact) mass is 762 g/mol. The molecule has 15 heteroatoms. The molecule has 0 aromatic carbocycles. The van der Waals surface area contributed by atoms with E-state index in [4.69, 9.17) is 5.73 Å². The molecule has 10 nitrogen and oxygen atoms in total. The molecule has 3 aromatic heterocycles. The number of halogens is 4. The van der Waals surface area contributed by atoms with Gasteiger partial charge in [0.05, 0.1) is 10.6 Å². The lowest BCUT2D eigenvalue weighted by Crippen LogP contribution is -2.28. The summed E-state index contributed by atoms with van der Waals surface area (Å²) in [6, 6.07) is 1.37. The van der Waals surface area contributed by atoms with Crippen molar-refractivity contribution in [3.05, 3.63) is 28.4 Å². The Morgan fingerprint density at radius 1 is 1.30 bits per heavy atom. The average Bonchev–Trinajstić information content (AvgIpc) is 3.35. The summed E-state index contributed by atoms with van der Waals surface area (Å²) >= 11 is 5.78. The van der Waals surface area contributed by atoms with Gasteiger partial charge in [-0.1, -0.05) is 45.2 Å². The standard InChI is InChI=1S/C20H24F2N8O2S.2CH3I/c1-29-14(7-15(28-29)32-19(21)22)26-20-27-25-9-30(20)11-4-5-13-12(6-11)16(17(23)33-13)18(31)24-8-10-2-3-10;2*1-2/h7,9-11,19H,2-6,8,23H2,1H3,(H,24,31)(H,26,27);2*1H3/t11-;;/m0../s1. The van der Waals surface area contributed by atoms with Gasteiger partial charge < -0.3 is 21.1 Å². The number of hydrogen-bond acceptors (Lipinski definition) is 8. The number of nitrogens with one attached hydrogen (secondary N) is 2. The number of fused-ring (bicyclic) bond motifs is 1. The highest BCUT2D eigenvalue weighted by molar-refractivity contribution is 14.1. The number of alkyl halides is 4. The van der Waals surface area contributed by atoms with Crippen molar-refractivity contribution in [3.63, 3.8) is 0 Å². The second-order valence-electron chi connectivity index (χ2n) is 8.35. The molecule has 1 fully saturated rings. The number of aromatic nitrogens is 5. The molecular weight excluding hydrogens is 732 g/mol. The lowest BCUT2D eigenvalue weighted by atomic mass is 9.91. The van der Waals surface area contributed by atoms with Crippen LogP contribution in [0.1, 0.15) is 46.1 Å². The predicted octanol–water partition coefficient (Wildman–Crippen LogP) is 4.97. The largest absolute Gasteiger partial charge is 0.415 e. The van der Waals surface area contributed by atoms with Crippen molar-refractivity contribution < 1.29 is 18.3 Å². The first-order valence-corrected chi connectivity index (χ1v) is 16.6. The van der Waals surface area contributed by atoms with E-state index in [1.165, 1.54) is 22.1 Å². The van der Waals surface area contributed by atoms with Crippen LogP contribution in [0, 0.1) is 5.92 Å². The van der Waals surface area contributed by atoms with Gasteiger partial charge in [-0.3, -0.25) is 9.36 Å². The average molecular weight is 762 g/mol. The number of carbonyl (C=O) groups is 1. The minimum Gasteiger partial charge on any atom is -0.415 e. The van der Waals surface area contributed by atoms with E-state index in [0.29, 0.717) is 41.2 Å². The normalized spacial score (nSPS) is 16.2. The number of nitrogens with zero attached hydrogens (tertiary/aromatic N) is 5. The van der Waals surface area contributed by atoms with Crippen molar-refractivity contribution in [2.24, 2.45) is 13.0 Å². The van der Waals surface area contributed by atoms with E-state index >= 15 is 0 Å². The number of rotatable bonds is 8. The Kier molecular flexibility index (Phi) is 11.2. The molecule has 1 amide bonds. The van der Waals surface area contributed by atoms with Crippen LogP contribution in [0.3, 0.4) is 0 Å². The highest BCUT2D eigenvalue weighted by Crippen LogP contribution is 2.40. The first-order valence-electron chi connectivity index (χ1n) is 11.5. The summed E-state index contributed by atoms with van der Waals surface area (Å²) in [5, 5.41) is 18.7. The fourth-order valence-electron chi connectivity index (χ4n) is 4.14. The third-order valence-corrected chi connectivity index (χ3v) is 7.13. The summed E-state index contributed by atoms with van der Waals surface area (Å²) in [6.07, 6.45) is 6.18. The second kappa shape index (κ2) is 13.9. The molecule has 1 saturated carbocycles. The van der Waals surface area contributed by atoms with E-state index in [1.54, 1.807) is 13.4 Å². The van der Waals surface area contributed by atoms with E-state index < -0.39 is 6.61 Å². The van der Waals surface area contributed by atoms with E-state index in [0.717, 1.165) is 36.1 Å². The second-order valence-corrected chi connectivity index (χ2v) is 9.49. The molecule has 2 aliphatic rings. The van der Waals surface area contributed by atoms with Crippen molar-refractivity contribution in [3.8, 4) is 5.88 Å². The Morgan fingerprint density at radius 2 is 2.03 bits per heavy atom. The molecule has 37 heavy (non-hydrogen) atoms. The highest BCUT2D eigenvalue weighted by Gasteiger charge is 2.31. The number of nitrogens with two attached hydrogens (primary N) is 1. The van der Waals surface area contributed by atoms with Gasteiger partial charge in [-0.25, -0.2) is 4.68 Å². The van der Waals surface area contributed by atoms with Gasteiger partial charge in [0.1, 0.15) is 12.1 Å². The first-order chi connectivity index (χ1) is 17.9. The number of carbonyl (C=O) groups excluding carboxylic acids is 1. The molecule has 3 aromatic rings. The Morgan fingerprint density at radius 3 is 2.70 bits per heavy atom. The van der Waals surface area contributed by atoms with Gasteiger partial charge in [0, 0.05) is 30.6 Å². The van der Waals surface area contributed by atoms with Gasteiger partial charge in [0.2, 0.25) is 11.8 Å². The maximum absolute atomic E-state index is 12.8. The van der Waals surface area contributed by atoms with Crippen LogP contribution in [0.15, 0.2) is 12.4 Å². The summed E-state index contributed by atoms with van der Waals surface area (Å²) in [7, 11) is 1.61. The van der Waals surface area contributed by atoms with Crippen molar-refractivity contribution in [2.45, 2.75) is 44.8 Å². The number of anilines is 3. The van der Waals surface area contributed by atoms with Gasteiger partial charge >= 0.3 is 6.61 Å². The molecule has 2 aliphatic carbocycles. The summed E-state index contributed by atoms with van der Waals surface area (Å²) in [6.45, 7) is -2.27. The van der Waals surface area contributed by atoms with Gasteiger partial charge in [-0.2, -0.15) is 8.78 Å². The first kappa shape index (κ1) is 29.8. The predicted molar refractivity (Wildman–Crippen MR) is 158 cm³/mol. The van der Waals surface area contributed by atoms with Gasteiger partial charge in [-0.15, -0.1) is 26.6 Å². The molecule has 0 bridgehead atoms. The molecule has 0 saturated heterocycles. The van der Waals surface area contributed by atoms with Crippen molar-refractivity contribution in [1.82, 2.24) is 29.9 Å². The maximum Gasteiger partial charge on any atom is 0.388 e. The zero-order valence-electron chi connectivity index (χ0n) is 20.7. The van der Waals surface area contributed by atoms with Crippen molar-refractivity contribution in [2.75, 3.05) is 27.5 Å². The summed E-state index contributed by atoms with van der Waals surface area (Å²) in [4.78, 5) is 17.9. The van der Waals surface area contributed by atoms with Gasteiger partial charge in [-0.05, 0) is 53.4 Å². The van der Waals surface area contributed by atoms with Crippen LogP contribution in [0.4, 0.5) is 25.5 Å². The molecule has 4 N–H and O–H groups in total. The Balaban J connectivity index is 0.000000907. The number of aryl methyl sites for hydroxylation is 2. The molecular formula is C22H30F2I2N8O2S. The number of thiophene rings is 1. The zero-order chi connectivity index (χ0) is 27.1. The van der Waals surface area contributed by atoms with Crippen LogP contribution < -0.4 is 21.1 Å². The van der Waals surface area contributed by atoms with E-state index in [2.05, 4.69) is 75.8 Å². The fourth-order valence-corrected chi connectivity index (χ4v) is 5.25. The third-order valence-electron chi connectivity index (χ3n) is 6.01. The van der Waals surface area contributed by atoms with Crippen LogP contribution >= 0.6 is 56.5 Å². The van der Waals surface area contributed by atoms with Gasteiger partial charge in [0.25, 0.3) is 5.91 Å². The Hall–Kier alpha value is -1.76.